The topological polar surface area (TPSA) is 29.1 Å². The molecule has 16 heavy (non-hydrogen) atoms. The molecule has 0 aromatic rings. The Morgan fingerprint density at radius 3 is 2.62 bits per heavy atom. The van der Waals surface area contributed by atoms with Crippen LogP contribution >= 0.6 is 0 Å². The largest absolute Gasteiger partial charge is 0.353 e. The SMILES string of the molecule is CCC1NC(=O)CC12CC(C)CC(C)(C)C2. The molecule has 0 radical (unpaired) electrons. The molecular weight excluding hydrogens is 198 g/mol. The summed E-state index contributed by atoms with van der Waals surface area (Å²) < 4.78 is 0. The Morgan fingerprint density at radius 1 is 1.38 bits per heavy atom. The maximum absolute atomic E-state index is 11.7. The van der Waals surface area contributed by atoms with Gasteiger partial charge in [-0.05, 0) is 37.0 Å². The summed E-state index contributed by atoms with van der Waals surface area (Å²) in [4.78, 5) is 11.7. The number of nitrogens with one attached hydrogen (secondary N) is 1. The summed E-state index contributed by atoms with van der Waals surface area (Å²) in [6.45, 7) is 9.27. The van der Waals surface area contributed by atoms with Gasteiger partial charge in [0.1, 0.15) is 0 Å². The van der Waals surface area contributed by atoms with Gasteiger partial charge in [0.15, 0.2) is 0 Å². The van der Waals surface area contributed by atoms with Crippen molar-refractivity contribution in [3.8, 4) is 0 Å². The van der Waals surface area contributed by atoms with Gasteiger partial charge < -0.3 is 5.32 Å². The molecule has 3 unspecified atom stereocenters. The monoisotopic (exact) mass is 223 g/mol. The molecule has 2 nitrogen and oxygen atoms in total. The second-order valence-electron chi connectivity index (χ2n) is 6.92. The van der Waals surface area contributed by atoms with Gasteiger partial charge in [-0.1, -0.05) is 27.7 Å². The van der Waals surface area contributed by atoms with Gasteiger partial charge in [-0.2, -0.15) is 0 Å². The van der Waals surface area contributed by atoms with E-state index in [4.69, 9.17) is 0 Å². The fraction of sp³-hybridized carbons (Fsp3) is 0.929. The van der Waals surface area contributed by atoms with Crippen LogP contribution in [-0.4, -0.2) is 11.9 Å². The van der Waals surface area contributed by atoms with Crippen LogP contribution in [0.4, 0.5) is 0 Å². The minimum atomic E-state index is 0.257. The molecule has 92 valence electrons. The summed E-state index contributed by atoms with van der Waals surface area (Å²) in [6.07, 6.45) is 5.59. The van der Waals surface area contributed by atoms with Gasteiger partial charge in [0.05, 0.1) is 0 Å². The predicted octanol–water partition coefficient (Wildman–Crippen LogP) is 3.12. The van der Waals surface area contributed by atoms with Gasteiger partial charge in [-0.3, -0.25) is 4.79 Å². The van der Waals surface area contributed by atoms with Gasteiger partial charge in [0.25, 0.3) is 0 Å². The Balaban J connectivity index is 2.26. The molecule has 2 heteroatoms. The highest BCUT2D eigenvalue weighted by molar-refractivity contribution is 5.80. The van der Waals surface area contributed by atoms with E-state index in [1.807, 2.05) is 0 Å². The maximum atomic E-state index is 11.7. The van der Waals surface area contributed by atoms with Gasteiger partial charge in [-0.25, -0.2) is 0 Å². The first-order valence-corrected chi connectivity index (χ1v) is 6.66. The first-order valence-electron chi connectivity index (χ1n) is 6.66. The van der Waals surface area contributed by atoms with Crippen molar-refractivity contribution in [2.24, 2.45) is 16.7 Å². The molecule has 0 aromatic carbocycles. The van der Waals surface area contributed by atoms with E-state index in [2.05, 4.69) is 33.0 Å². The molecule has 3 atom stereocenters. The Hall–Kier alpha value is -0.530. The lowest BCUT2D eigenvalue weighted by Crippen LogP contribution is -2.44. The van der Waals surface area contributed by atoms with Crippen molar-refractivity contribution >= 4 is 5.91 Å². The van der Waals surface area contributed by atoms with Crippen LogP contribution in [-0.2, 0) is 4.79 Å². The highest BCUT2D eigenvalue weighted by atomic mass is 16.2. The molecule has 1 aliphatic heterocycles. The number of amides is 1. The van der Waals surface area contributed by atoms with Crippen LogP contribution < -0.4 is 5.32 Å². The third-order valence-electron chi connectivity index (χ3n) is 4.48. The Bertz CT molecular complexity index is 297. The lowest BCUT2D eigenvalue weighted by Gasteiger charge is -2.48. The van der Waals surface area contributed by atoms with E-state index in [1.54, 1.807) is 0 Å². The second kappa shape index (κ2) is 3.75. The van der Waals surface area contributed by atoms with Crippen molar-refractivity contribution in [1.82, 2.24) is 5.32 Å². The van der Waals surface area contributed by atoms with Crippen molar-refractivity contribution < 1.29 is 4.79 Å². The quantitative estimate of drug-likeness (QED) is 0.727. The minimum Gasteiger partial charge on any atom is -0.353 e. The molecule has 0 bridgehead atoms. The van der Waals surface area contributed by atoms with E-state index >= 15 is 0 Å². The smallest absolute Gasteiger partial charge is 0.220 e. The Morgan fingerprint density at radius 2 is 2.06 bits per heavy atom. The average molecular weight is 223 g/mol. The zero-order valence-electron chi connectivity index (χ0n) is 11.1. The van der Waals surface area contributed by atoms with E-state index in [1.165, 1.54) is 19.3 Å². The molecule has 1 saturated carbocycles. The van der Waals surface area contributed by atoms with Crippen molar-refractivity contribution in [2.75, 3.05) is 0 Å². The molecule has 1 saturated heterocycles. The van der Waals surface area contributed by atoms with Gasteiger partial charge in [-0.15, -0.1) is 0 Å². The highest BCUT2D eigenvalue weighted by Crippen LogP contribution is 2.54. The fourth-order valence-corrected chi connectivity index (χ4v) is 4.58. The van der Waals surface area contributed by atoms with Crippen molar-refractivity contribution in [3.05, 3.63) is 0 Å². The third-order valence-corrected chi connectivity index (χ3v) is 4.48. The van der Waals surface area contributed by atoms with E-state index in [0.717, 1.165) is 18.8 Å². The van der Waals surface area contributed by atoms with Crippen molar-refractivity contribution in [2.45, 2.75) is 65.8 Å². The summed E-state index contributed by atoms with van der Waals surface area (Å²) in [5, 5.41) is 3.18. The average Bonchev–Trinajstić information content (AvgIpc) is 2.37. The normalized spacial score (nSPS) is 42.4. The number of hydrogen-bond acceptors (Lipinski definition) is 1. The van der Waals surface area contributed by atoms with E-state index in [9.17, 15) is 4.79 Å². The zero-order chi connectivity index (χ0) is 12.0. The lowest BCUT2D eigenvalue weighted by atomic mass is 9.57. The summed E-state index contributed by atoms with van der Waals surface area (Å²) in [7, 11) is 0. The van der Waals surface area contributed by atoms with Crippen LogP contribution in [0.2, 0.25) is 0 Å². The van der Waals surface area contributed by atoms with E-state index in [-0.39, 0.29) is 11.3 Å². The molecular formula is C14H25NO. The molecule has 1 amide bonds. The standard InChI is InChI=1S/C14H25NO/c1-5-11-14(8-12(16)15-11)7-10(2)6-13(3,4)9-14/h10-11H,5-9H2,1-4H3,(H,15,16). The van der Waals surface area contributed by atoms with E-state index < -0.39 is 0 Å². The highest BCUT2D eigenvalue weighted by Gasteiger charge is 2.51. The first kappa shape index (κ1) is 11.9. The molecule has 1 aliphatic carbocycles. The van der Waals surface area contributed by atoms with Crippen LogP contribution in [0.25, 0.3) is 0 Å². The molecule has 2 rings (SSSR count). The summed E-state index contributed by atoms with van der Waals surface area (Å²) in [5.41, 5.74) is 0.657. The molecule has 2 fully saturated rings. The molecule has 2 aliphatic rings. The third kappa shape index (κ3) is 1.99. The van der Waals surface area contributed by atoms with Crippen LogP contribution in [0.5, 0.6) is 0 Å². The Labute approximate surface area is 99.2 Å². The molecule has 1 heterocycles. The number of hydrogen-bond donors (Lipinski definition) is 1. The van der Waals surface area contributed by atoms with E-state index in [0.29, 0.717) is 11.5 Å². The molecule has 1 spiro atoms. The lowest BCUT2D eigenvalue weighted by molar-refractivity contribution is -0.120. The van der Waals surface area contributed by atoms with Crippen molar-refractivity contribution in [3.63, 3.8) is 0 Å². The zero-order valence-corrected chi connectivity index (χ0v) is 11.1. The van der Waals surface area contributed by atoms with Crippen molar-refractivity contribution in [1.29, 1.82) is 0 Å². The summed E-state index contributed by atoms with van der Waals surface area (Å²) >= 11 is 0. The summed E-state index contributed by atoms with van der Waals surface area (Å²) in [6, 6.07) is 0.419. The molecule has 0 aromatic heterocycles. The number of carbonyl (C=O) groups is 1. The maximum Gasteiger partial charge on any atom is 0.220 e. The van der Waals surface area contributed by atoms with Gasteiger partial charge in [0, 0.05) is 17.9 Å². The van der Waals surface area contributed by atoms with Crippen LogP contribution in [0.1, 0.15) is 59.8 Å². The number of rotatable bonds is 1. The van der Waals surface area contributed by atoms with Crippen LogP contribution in [0, 0.1) is 16.7 Å². The predicted molar refractivity (Wildman–Crippen MR) is 66.1 cm³/mol. The number of carbonyl (C=O) groups excluding carboxylic acids is 1. The van der Waals surface area contributed by atoms with Gasteiger partial charge in [0.2, 0.25) is 5.91 Å². The summed E-state index contributed by atoms with van der Waals surface area (Å²) in [5.74, 6) is 1.03. The Kier molecular flexibility index (Phi) is 2.80. The van der Waals surface area contributed by atoms with Gasteiger partial charge >= 0.3 is 0 Å². The molecule has 1 N–H and O–H groups in total. The minimum absolute atomic E-state index is 0.257. The van der Waals surface area contributed by atoms with Crippen LogP contribution in [0.3, 0.4) is 0 Å². The fourth-order valence-electron chi connectivity index (χ4n) is 4.58. The first-order chi connectivity index (χ1) is 7.37. The second-order valence-corrected chi connectivity index (χ2v) is 6.92. The van der Waals surface area contributed by atoms with Crippen LogP contribution in [0.15, 0.2) is 0 Å².